The Morgan fingerprint density at radius 3 is 2.52 bits per heavy atom. The van der Waals surface area contributed by atoms with Crippen LogP contribution in [0, 0.1) is 6.92 Å². The molecule has 0 radical (unpaired) electrons. The van der Waals surface area contributed by atoms with Crippen LogP contribution in [-0.4, -0.2) is 19.2 Å². The zero-order valence-corrected chi connectivity index (χ0v) is 13.6. The van der Waals surface area contributed by atoms with E-state index in [2.05, 4.69) is 26.0 Å². The van der Waals surface area contributed by atoms with Crippen molar-refractivity contribution in [3.05, 3.63) is 29.3 Å². The highest BCUT2D eigenvalue weighted by Crippen LogP contribution is 2.18. The number of hydrogen-bond donors (Lipinski definition) is 0. The lowest BCUT2D eigenvalue weighted by Gasteiger charge is -2.09. The molecule has 0 aliphatic rings. The van der Waals surface area contributed by atoms with E-state index in [1.165, 1.54) is 11.1 Å². The first-order chi connectivity index (χ1) is 10.2. The van der Waals surface area contributed by atoms with E-state index in [0.29, 0.717) is 13.0 Å². The standard InChI is InChI=1S/C18H28O3/c1-4-16-11-12-17(14-15(16)3)21-13-9-7-6-8-10-18(19)20-5-2/h11-12,14H,4-10,13H2,1-3H3. The van der Waals surface area contributed by atoms with Crippen LogP contribution >= 0.6 is 0 Å². The van der Waals surface area contributed by atoms with Gasteiger partial charge in [-0.1, -0.05) is 25.8 Å². The lowest BCUT2D eigenvalue weighted by atomic mass is 10.1. The summed E-state index contributed by atoms with van der Waals surface area (Å²) in [7, 11) is 0. The molecule has 21 heavy (non-hydrogen) atoms. The van der Waals surface area contributed by atoms with Crippen molar-refractivity contribution in [1.29, 1.82) is 0 Å². The number of rotatable bonds is 10. The number of carbonyl (C=O) groups is 1. The zero-order valence-electron chi connectivity index (χ0n) is 13.6. The maximum Gasteiger partial charge on any atom is 0.305 e. The van der Waals surface area contributed by atoms with Gasteiger partial charge in [-0.25, -0.2) is 0 Å². The van der Waals surface area contributed by atoms with Gasteiger partial charge in [0.2, 0.25) is 0 Å². The van der Waals surface area contributed by atoms with E-state index in [0.717, 1.165) is 44.5 Å². The molecule has 1 aromatic carbocycles. The summed E-state index contributed by atoms with van der Waals surface area (Å²) >= 11 is 0. The molecule has 0 aromatic heterocycles. The minimum atomic E-state index is -0.0831. The minimum Gasteiger partial charge on any atom is -0.494 e. The number of esters is 1. The number of aryl methyl sites for hydroxylation is 2. The van der Waals surface area contributed by atoms with E-state index in [9.17, 15) is 4.79 Å². The number of ether oxygens (including phenoxy) is 2. The van der Waals surface area contributed by atoms with Crippen molar-refractivity contribution in [2.75, 3.05) is 13.2 Å². The van der Waals surface area contributed by atoms with Gasteiger partial charge in [0.1, 0.15) is 5.75 Å². The Balaban J connectivity index is 2.09. The van der Waals surface area contributed by atoms with Gasteiger partial charge < -0.3 is 9.47 Å². The fourth-order valence-electron chi connectivity index (χ4n) is 2.30. The smallest absolute Gasteiger partial charge is 0.305 e. The third-order valence-corrected chi connectivity index (χ3v) is 3.54. The van der Waals surface area contributed by atoms with E-state index in [1.807, 2.05) is 13.0 Å². The third-order valence-electron chi connectivity index (χ3n) is 3.54. The Labute approximate surface area is 128 Å². The van der Waals surface area contributed by atoms with Crippen LogP contribution in [0.3, 0.4) is 0 Å². The van der Waals surface area contributed by atoms with Gasteiger partial charge in [0.05, 0.1) is 13.2 Å². The molecule has 3 heteroatoms. The molecule has 1 aromatic rings. The van der Waals surface area contributed by atoms with Gasteiger partial charge in [0, 0.05) is 6.42 Å². The molecule has 0 heterocycles. The van der Waals surface area contributed by atoms with Gasteiger partial charge in [-0.05, 0) is 56.4 Å². The second-order valence-corrected chi connectivity index (χ2v) is 5.26. The second kappa shape index (κ2) is 10.3. The molecule has 0 aliphatic carbocycles. The predicted molar refractivity (Wildman–Crippen MR) is 85.8 cm³/mol. The van der Waals surface area contributed by atoms with Crippen LogP contribution in [0.25, 0.3) is 0 Å². The number of hydrogen-bond acceptors (Lipinski definition) is 3. The molecule has 0 saturated heterocycles. The quantitative estimate of drug-likeness (QED) is 0.472. The van der Waals surface area contributed by atoms with Crippen LogP contribution in [0.1, 0.15) is 57.1 Å². The van der Waals surface area contributed by atoms with Crippen molar-refractivity contribution in [2.45, 2.75) is 59.3 Å². The van der Waals surface area contributed by atoms with Gasteiger partial charge >= 0.3 is 5.97 Å². The lowest BCUT2D eigenvalue weighted by molar-refractivity contribution is -0.143. The lowest BCUT2D eigenvalue weighted by Crippen LogP contribution is -2.03. The summed E-state index contributed by atoms with van der Waals surface area (Å²) in [5.74, 6) is 0.872. The molecule has 0 atom stereocenters. The van der Waals surface area contributed by atoms with Crippen molar-refractivity contribution in [2.24, 2.45) is 0 Å². The van der Waals surface area contributed by atoms with Crippen molar-refractivity contribution in [3.63, 3.8) is 0 Å². The Kier molecular flexibility index (Phi) is 8.56. The summed E-state index contributed by atoms with van der Waals surface area (Å²) in [5.41, 5.74) is 2.67. The molecule has 0 aliphatic heterocycles. The van der Waals surface area contributed by atoms with E-state index in [1.54, 1.807) is 0 Å². The molecule has 0 unspecified atom stereocenters. The highest BCUT2D eigenvalue weighted by Gasteiger charge is 2.01. The molecule has 3 nitrogen and oxygen atoms in total. The summed E-state index contributed by atoms with van der Waals surface area (Å²) in [4.78, 5) is 11.2. The molecule has 1 rings (SSSR count). The topological polar surface area (TPSA) is 35.5 Å². The normalized spacial score (nSPS) is 10.4. The SMILES string of the molecule is CCOC(=O)CCCCCCOc1ccc(CC)c(C)c1. The van der Waals surface area contributed by atoms with Gasteiger partial charge in [0.15, 0.2) is 0 Å². The van der Waals surface area contributed by atoms with Gasteiger partial charge in [0.25, 0.3) is 0 Å². The summed E-state index contributed by atoms with van der Waals surface area (Å²) in [6.45, 7) is 7.34. The van der Waals surface area contributed by atoms with Crippen LogP contribution in [0.4, 0.5) is 0 Å². The van der Waals surface area contributed by atoms with Crippen molar-refractivity contribution < 1.29 is 14.3 Å². The van der Waals surface area contributed by atoms with Crippen LogP contribution < -0.4 is 4.74 Å². The molecule has 0 N–H and O–H groups in total. The first kappa shape index (κ1) is 17.5. The van der Waals surface area contributed by atoms with Gasteiger partial charge in [-0.15, -0.1) is 0 Å². The highest BCUT2D eigenvalue weighted by molar-refractivity contribution is 5.69. The zero-order chi connectivity index (χ0) is 15.5. The third kappa shape index (κ3) is 7.16. The average molecular weight is 292 g/mol. The molecule has 118 valence electrons. The Morgan fingerprint density at radius 1 is 1.10 bits per heavy atom. The summed E-state index contributed by atoms with van der Waals surface area (Å²) < 4.78 is 10.7. The molecule has 0 spiro atoms. The van der Waals surface area contributed by atoms with Crippen molar-refractivity contribution >= 4 is 5.97 Å². The first-order valence-corrected chi connectivity index (χ1v) is 8.05. The second-order valence-electron chi connectivity index (χ2n) is 5.26. The van der Waals surface area contributed by atoms with E-state index in [4.69, 9.17) is 9.47 Å². The molecule has 0 saturated carbocycles. The summed E-state index contributed by atoms with van der Waals surface area (Å²) in [6, 6.07) is 6.30. The molecule has 0 amide bonds. The number of benzene rings is 1. The van der Waals surface area contributed by atoms with Gasteiger partial charge in [-0.3, -0.25) is 4.79 Å². The number of carbonyl (C=O) groups excluding carboxylic acids is 1. The van der Waals surface area contributed by atoms with Crippen LogP contribution in [0.5, 0.6) is 5.75 Å². The molecule has 0 fully saturated rings. The van der Waals surface area contributed by atoms with E-state index in [-0.39, 0.29) is 5.97 Å². The summed E-state index contributed by atoms with van der Waals surface area (Å²) in [5, 5.41) is 0. The molecule has 0 bridgehead atoms. The van der Waals surface area contributed by atoms with E-state index < -0.39 is 0 Å². The van der Waals surface area contributed by atoms with Crippen LogP contribution in [0.2, 0.25) is 0 Å². The largest absolute Gasteiger partial charge is 0.494 e. The maximum absolute atomic E-state index is 11.2. The van der Waals surface area contributed by atoms with Gasteiger partial charge in [-0.2, -0.15) is 0 Å². The molecular formula is C18H28O3. The molecular weight excluding hydrogens is 264 g/mol. The van der Waals surface area contributed by atoms with Crippen molar-refractivity contribution in [1.82, 2.24) is 0 Å². The highest BCUT2D eigenvalue weighted by atomic mass is 16.5. The van der Waals surface area contributed by atoms with Crippen molar-refractivity contribution in [3.8, 4) is 5.75 Å². The minimum absolute atomic E-state index is 0.0831. The average Bonchev–Trinajstić information content (AvgIpc) is 2.46. The Morgan fingerprint density at radius 2 is 1.86 bits per heavy atom. The predicted octanol–water partition coefficient (Wildman–Crippen LogP) is 4.45. The number of unbranched alkanes of at least 4 members (excludes halogenated alkanes) is 3. The maximum atomic E-state index is 11.2. The first-order valence-electron chi connectivity index (χ1n) is 8.05. The Bertz CT molecular complexity index is 426. The fourth-order valence-corrected chi connectivity index (χ4v) is 2.30. The van der Waals surface area contributed by atoms with Crippen LogP contribution in [0.15, 0.2) is 18.2 Å². The van der Waals surface area contributed by atoms with E-state index >= 15 is 0 Å². The monoisotopic (exact) mass is 292 g/mol. The fraction of sp³-hybridized carbons (Fsp3) is 0.611. The summed E-state index contributed by atoms with van der Waals surface area (Å²) in [6.07, 6.45) is 5.67. The Hall–Kier alpha value is -1.51. The van der Waals surface area contributed by atoms with Crippen LogP contribution in [-0.2, 0) is 16.0 Å².